The van der Waals surface area contributed by atoms with Crippen LogP contribution in [0.5, 0.6) is 0 Å². The molecule has 1 aromatic carbocycles. The summed E-state index contributed by atoms with van der Waals surface area (Å²) in [6, 6.07) is 8.98. The maximum atomic E-state index is 4.94. The standard InChI is InChI=1S/C20H28N.2ClH.Ti/c1-13-12-14(2)19(15(13)3)18-11-9-8-10-17(18)16(4)21-20(5,6)7;;;/h8-12,14,16H,1-7H3;2*1H;/q-1;;;+3/p-2. The van der Waals surface area contributed by atoms with Gasteiger partial charge in [-0.15, -0.1) is 11.6 Å². The number of halogens is 2. The van der Waals surface area contributed by atoms with Crippen molar-refractivity contribution in [1.29, 1.82) is 0 Å². The van der Waals surface area contributed by atoms with E-state index in [1.165, 1.54) is 27.8 Å². The van der Waals surface area contributed by atoms with Gasteiger partial charge in [0, 0.05) is 5.92 Å². The predicted molar refractivity (Wildman–Crippen MR) is 93.5 cm³/mol. The molecule has 1 nitrogen and oxygen atoms in total. The van der Waals surface area contributed by atoms with E-state index in [0.717, 1.165) is 0 Å². The first-order valence-electron chi connectivity index (χ1n) is 7.91. The third kappa shape index (κ3) is 6.04. The second-order valence-electron chi connectivity index (χ2n) is 7.24. The molecule has 2 atom stereocenters. The van der Waals surface area contributed by atoms with Crippen LogP contribution in [-0.2, 0) is 21.7 Å². The zero-order valence-electron chi connectivity index (χ0n) is 15.7. The fourth-order valence-corrected chi connectivity index (χ4v) is 3.34. The summed E-state index contributed by atoms with van der Waals surface area (Å²) in [6.45, 7) is 15.5. The summed E-state index contributed by atoms with van der Waals surface area (Å²) in [4.78, 5) is 0. The fourth-order valence-electron chi connectivity index (χ4n) is 3.34. The molecule has 2 unspecified atom stereocenters. The van der Waals surface area contributed by atoms with E-state index in [1.807, 2.05) is 0 Å². The van der Waals surface area contributed by atoms with Gasteiger partial charge in [-0.1, -0.05) is 76.1 Å². The molecule has 4 heteroatoms. The minimum atomic E-state index is -0.00852. The van der Waals surface area contributed by atoms with Gasteiger partial charge in [-0.25, -0.2) is 0 Å². The summed E-state index contributed by atoms with van der Waals surface area (Å²) in [5, 5.41) is 4.94. The van der Waals surface area contributed by atoms with Gasteiger partial charge in [0.2, 0.25) is 0 Å². The van der Waals surface area contributed by atoms with E-state index in [1.54, 1.807) is 0 Å². The van der Waals surface area contributed by atoms with E-state index < -0.39 is 0 Å². The maximum Gasteiger partial charge on any atom is 3.00 e. The molecule has 1 aromatic rings. The van der Waals surface area contributed by atoms with Crippen molar-refractivity contribution in [2.24, 2.45) is 5.92 Å². The van der Waals surface area contributed by atoms with Crippen LogP contribution in [0.2, 0.25) is 0 Å². The number of allylic oxidation sites excluding steroid dienone is 4. The zero-order chi connectivity index (χ0) is 15.8. The Morgan fingerprint density at radius 1 is 1.04 bits per heavy atom. The van der Waals surface area contributed by atoms with Crippen molar-refractivity contribution >= 4 is 5.57 Å². The van der Waals surface area contributed by atoms with E-state index in [9.17, 15) is 0 Å². The second kappa shape index (κ2) is 10.2. The molecule has 1 aliphatic carbocycles. The van der Waals surface area contributed by atoms with E-state index >= 15 is 0 Å². The molecular formula is C20H28Cl2NTi. The minimum Gasteiger partial charge on any atom is -1.00 e. The van der Waals surface area contributed by atoms with Crippen LogP contribution in [0.4, 0.5) is 0 Å². The van der Waals surface area contributed by atoms with Gasteiger partial charge in [0.05, 0.1) is 0 Å². The van der Waals surface area contributed by atoms with Crippen LogP contribution < -0.4 is 24.8 Å². The minimum absolute atomic E-state index is 0. The Hall–Kier alpha value is -0.0457. The van der Waals surface area contributed by atoms with E-state index in [2.05, 4.69) is 78.8 Å². The molecule has 0 aliphatic heterocycles. The van der Waals surface area contributed by atoms with Crippen LogP contribution in [0.25, 0.3) is 10.9 Å². The third-order valence-corrected chi connectivity index (χ3v) is 4.23. The average Bonchev–Trinajstić information content (AvgIpc) is 2.61. The third-order valence-electron chi connectivity index (χ3n) is 4.23. The van der Waals surface area contributed by atoms with Crippen molar-refractivity contribution in [3.63, 3.8) is 0 Å². The van der Waals surface area contributed by atoms with Crippen molar-refractivity contribution < 1.29 is 46.5 Å². The van der Waals surface area contributed by atoms with Crippen LogP contribution in [0, 0.1) is 5.92 Å². The number of benzene rings is 1. The molecule has 0 fully saturated rings. The Morgan fingerprint density at radius 3 is 2.04 bits per heavy atom. The normalized spacial score (nSPS) is 18.1. The predicted octanol–water partition coefficient (Wildman–Crippen LogP) is 0.295. The second-order valence-corrected chi connectivity index (χ2v) is 7.24. The molecule has 0 aromatic heterocycles. The molecular weight excluding hydrogens is 373 g/mol. The molecule has 1 radical (unpaired) electrons. The molecule has 24 heavy (non-hydrogen) atoms. The van der Waals surface area contributed by atoms with Crippen molar-refractivity contribution in [3.05, 3.63) is 57.9 Å². The molecule has 1 aliphatic rings. The molecule has 131 valence electrons. The van der Waals surface area contributed by atoms with Crippen LogP contribution >= 0.6 is 0 Å². The van der Waals surface area contributed by atoms with Gasteiger partial charge in [0.1, 0.15) is 0 Å². The molecule has 0 saturated carbocycles. The van der Waals surface area contributed by atoms with Crippen LogP contribution in [-0.4, -0.2) is 5.54 Å². The summed E-state index contributed by atoms with van der Waals surface area (Å²) in [7, 11) is 0. The molecule has 0 amide bonds. The Morgan fingerprint density at radius 2 is 1.58 bits per heavy atom. The van der Waals surface area contributed by atoms with Gasteiger partial charge in [-0.3, -0.25) is 0 Å². The van der Waals surface area contributed by atoms with Gasteiger partial charge < -0.3 is 30.1 Å². The smallest absolute Gasteiger partial charge is 1.00 e. The van der Waals surface area contributed by atoms with Crippen LogP contribution in [0.15, 0.2) is 41.5 Å². The van der Waals surface area contributed by atoms with Crippen LogP contribution in [0.3, 0.4) is 0 Å². The molecule has 0 heterocycles. The van der Waals surface area contributed by atoms with Crippen molar-refractivity contribution in [2.75, 3.05) is 0 Å². The summed E-state index contributed by atoms with van der Waals surface area (Å²) >= 11 is 0. The van der Waals surface area contributed by atoms with Gasteiger partial charge in [-0.2, -0.15) is 0 Å². The van der Waals surface area contributed by atoms with Crippen LogP contribution in [0.1, 0.15) is 65.6 Å². The Bertz CT molecular complexity index is 600. The molecule has 0 saturated heterocycles. The monoisotopic (exact) mass is 400 g/mol. The first-order chi connectivity index (χ1) is 9.70. The number of hydrogen-bond acceptors (Lipinski definition) is 0. The van der Waals surface area contributed by atoms with E-state index in [-0.39, 0.29) is 58.1 Å². The number of hydrogen-bond donors (Lipinski definition) is 0. The Labute approximate surface area is 175 Å². The van der Waals surface area contributed by atoms with Gasteiger partial charge >= 0.3 is 21.7 Å². The van der Waals surface area contributed by atoms with Gasteiger partial charge in [-0.05, 0) is 30.6 Å². The Kier molecular flexibility index (Phi) is 11.1. The van der Waals surface area contributed by atoms with Gasteiger partial charge in [0.15, 0.2) is 0 Å². The average molecular weight is 401 g/mol. The molecule has 0 bridgehead atoms. The Balaban J connectivity index is 0. The quantitative estimate of drug-likeness (QED) is 0.647. The maximum absolute atomic E-state index is 4.94. The molecule has 0 N–H and O–H groups in total. The SMILES string of the molecule is CC1=CC(C)C(c2ccccc2C(C)[N-]C(C)(C)C)=C1C.[Cl-].[Cl-].[Ti+3]. The summed E-state index contributed by atoms with van der Waals surface area (Å²) in [5.41, 5.74) is 7.02. The first kappa shape index (κ1) is 26.2. The van der Waals surface area contributed by atoms with Gasteiger partial charge in [0.25, 0.3) is 0 Å². The summed E-state index contributed by atoms with van der Waals surface area (Å²) in [5.74, 6) is 0.494. The van der Waals surface area contributed by atoms with E-state index in [0.29, 0.717) is 5.92 Å². The summed E-state index contributed by atoms with van der Waals surface area (Å²) < 4.78 is 0. The zero-order valence-corrected chi connectivity index (χ0v) is 18.8. The largest absolute Gasteiger partial charge is 3.00 e. The van der Waals surface area contributed by atoms with E-state index in [4.69, 9.17) is 5.32 Å². The van der Waals surface area contributed by atoms with Crippen molar-refractivity contribution in [1.82, 2.24) is 0 Å². The number of rotatable bonds is 3. The summed E-state index contributed by atoms with van der Waals surface area (Å²) in [6.07, 6.45) is 2.37. The number of nitrogens with zero attached hydrogens (tertiary/aromatic N) is 1. The van der Waals surface area contributed by atoms with Crippen molar-refractivity contribution in [2.45, 2.75) is 60.0 Å². The topological polar surface area (TPSA) is 14.1 Å². The molecule has 0 spiro atoms. The van der Waals surface area contributed by atoms with Crippen molar-refractivity contribution in [3.8, 4) is 0 Å². The fraction of sp³-hybridized carbons (Fsp3) is 0.500. The first-order valence-corrected chi connectivity index (χ1v) is 7.91. The molecule has 2 rings (SSSR count).